The molecule has 0 spiro atoms. The Labute approximate surface area is 159 Å². The molecule has 1 atom stereocenters. The lowest BCUT2D eigenvalue weighted by molar-refractivity contribution is -0.137. The molecular weight excluding hydrogens is 397 g/mol. The third-order valence-corrected chi connectivity index (χ3v) is 5.57. The van der Waals surface area contributed by atoms with Gasteiger partial charge in [-0.1, -0.05) is 0 Å². The van der Waals surface area contributed by atoms with Crippen LogP contribution in [0.5, 0.6) is 0 Å². The van der Waals surface area contributed by atoms with Crippen molar-refractivity contribution in [1.82, 2.24) is 9.82 Å². The number of anilines is 2. The van der Waals surface area contributed by atoms with Crippen LogP contribution in [0.15, 0.2) is 41.4 Å². The number of alkyl halides is 3. The maximum atomic E-state index is 12.5. The van der Waals surface area contributed by atoms with Crippen LogP contribution < -0.4 is 15.2 Å². The molecule has 0 fully saturated rings. The average molecular weight is 414 g/mol. The van der Waals surface area contributed by atoms with Gasteiger partial charge in [0.05, 0.1) is 10.5 Å². The zero-order valence-electron chi connectivity index (χ0n) is 14.9. The summed E-state index contributed by atoms with van der Waals surface area (Å²) in [6, 6.07) is 6.12. The van der Waals surface area contributed by atoms with Crippen LogP contribution in [0.3, 0.4) is 0 Å². The van der Waals surface area contributed by atoms with E-state index in [9.17, 15) is 26.4 Å². The molecule has 1 amide bonds. The van der Waals surface area contributed by atoms with Crippen molar-refractivity contribution >= 4 is 27.4 Å². The standard InChI is InChI=1S/C17H17F3N4O3S/c1-10-7-12-8-14(4-5-15(12)24(10)11(2)25)28(26,27)23-22-16-6-3-13(9-21-16)17(18,19)20/h3-6,8-10,23H,7H2,1-2H3,(H,21,22)/t10-/m0/s1. The monoisotopic (exact) mass is 414 g/mol. The topological polar surface area (TPSA) is 91.4 Å². The fraction of sp³-hybridized carbons (Fsp3) is 0.294. The number of rotatable bonds is 4. The van der Waals surface area contributed by atoms with Gasteiger partial charge in [0.2, 0.25) is 5.91 Å². The van der Waals surface area contributed by atoms with Gasteiger partial charge < -0.3 is 4.90 Å². The van der Waals surface area contributed by atoms with Gasteiger partial charge in [0.1, 0.15) is 5.82 Å². The molecule has 0 saturated heterocycles. The summed E-state index contributed by atoms with van der Waals surface area (Å²) >= 11 is 0. The summed E-state index contributed by atoms with van der Waals surface area (Å²) in [5.74, 6) is -0.218. The highest BCUT2D eigenvalue weighted by Gasteiger charge is 2.31. The van der Waals surface area contributed by atoms with E-state index in [2.05, 4.69) is 15.2 Å². The van der Waals surface area contributed by atoms with Crippen molar-refractivity contribution in [2.24, 2.45) is 0 Å². The fourth-order valence-corrected chi connectivity index (χ4v) is 3.97. The molecule has 1 aromatic heterocycles. The molecule has 1 aliphatic rings. The summed E-state index contributed by atoms with van der Waals surface area (Å²) in [6.07, 6.45) is -3.41. The number of amides is 1. The second-order valence-electron chi connectivity index (χ2n) is 6.39. The van der Waals surface area contributed by atoms with E-state index in [-0.39, 0.29) is 22.7 Å². The lowest BCUT2D eigenvalue weighted by atomic mass is 10.1. The average Bonchev–Trinajstić information content (AvgIpc) is 2.94. The maximum Gasteiger partial charge on any atom is 0.417 e. The Balaban J connectivity index is 1.75. The number of carbonyl (C=O) groups is 1. The van der Waals surface area contributed by atoms with Crippen LogP contribution >= 0.6 is 0 Å². The lowest BCUT2D eigenvalue weighted by Crippen LogP contribution is -2.33. The van der Waals surface area contributed by atoms with E-state index in [1.165, 1.54) is 19.1 Å². The molecule has 1 aromatic carbocycles. The van der Waals surface area contributed by atoms with Gasteiger partial charge in [-0.15, -0.1) is 4.83 Å². The molecule has 0 unspecified atom stereocenters. The van der Waals surface area contributed by atoms with Crippen LogP contribution in [0.1, 0.15) is 25.0 Å². The van der Waals surface area contributed by atoms with Gasteiger partial charge >= 0.3 is 6.18 Å². The van der Waals surface area contributed by atoms with E-state index in [0.29, 0.717) is 18.3 Å². The van der Waals surface area contributed by atoms with Gasteiger partial charge in [0.25, 0.3) is 10.0 Å². The largest absolute Gasteiger partial charge is 0.417 e. The van der Waals surface area contributed by atoms with Crippen molar-refractivity contribution in [3.05, 3.63) is 47.7 Å². The number of sulfonamides is 1. The summed E-state index contributed by atoms with van der Waals surface area (Å²) < 4.78 is 62.5. The number of nitrogens with zero attached hydrogens (tertiary/aromatic N) is 2. The summed E-state index contributed by atoms with van der Waals surface area (Å²) in [5.41, 5.74) is 2.73. The second kappa shape index (κ2) is 7.06. The molecule has 2 aromatic rings. The number of pyridine rings is 1. The number of fused-ring (bicyclic) bond motifs is 1. The van der Waals surface area contributed by atoms with E-state index in [1.807, 2.05) is 6.92 Å². The highest BCUT2D eigenvalue weighted by atomic mass is 32.2. The minimum Gasteiger partial charge on any atom is -0.309 e. The summed E-state index contributed by atoms with van der Waals surface area (Å²) in [7, 11) is -4.00. The maximum absolute atomic E-state index is 12.5. The zero-order chi connectivity index (χ0) is 20.7. The van der Waals surface area contributed by atoms with Crippen LogP contribution in [0, 0.1) is 0 Å². The Bertz CT molecular complexity index is 1010. The molecule has 0 aliphatic carbocycles. The minimum absolute atomic E-state index is 0.0386. The van der Waals surface area contributed by atoms with Crippen LogP contribution in [0.25, 0.3) is 0 Å². The molecule has 2 N–H and O–H groups in total. The Hall–Kier alpha value is -2.66. The molecule has 0 saturated carbocycles. The minimum atomic E-state index is -4.53. The number of hydrogen-bond acceptors (Lipinski definition) is 5. The summed E-state index contributed by atoms with van der Waals surface area (Å²) in [5, 5.41) is 0. The number of halogens is 3. The first-order valence-electron chi connectivity index (χ1n) is 8.23. The van der Waals surface area contributed by atoms with Gasteiger partial charge in [-0.3, -0.25) is 10.2 Å². The Morgan fingerprint density at radius 3 is 2.54 bits per heavy atom. The van der Waals surface area contributed by atoms with Gasteiger partial charge in [-0.25, -0.2) is 13.4 Å². The van der Waals surface area contributed by atoms with Gasteiger partial charge in [-0.05, 0) is 49.2 Å². The van der Waals surface area contributed by atoms with E-state index >= 15 is 0 Å². The fourth-order valence-electron chi connectivity index (χ4n) is 3.07. The van der Waals surface area contributed by atoms with Crippen LogP contribution in [0.4, 0.5) is 24.7 Å². The molecule has 11 heteroatoms. The Kier molecular flexibility index (Phi) is 5.06. The van der Waals surface area contributed by atoms with Gasteiger partial charge in [-0.2, -0.15) is 13.2 Å². The predicted molar refractivity (Wildman–Crippen MR) is 96.0 cm³/mol. The number of aromatic nitrogens is 1. The molecule has 3 rings (SSSR count). The van der Waals surface area contributed by atoms with Crippen LogP contribution in [-0.4, -0.2) is 25.4 Å². The number of nitrogens with one attached hydrogen (secondary N) is 2. The highest BCUT2D eigenvalue weighted by Crippen LogP contribution is 2.34. The van der Waals surface area contributed by atoms with Crippen molar-refractivity contribution in [2.75, 3.05) is 10.3 Å². The molecule has 1 aliphatic heterocycles. The molecule has 7 nitrogen and oxygen atoms in total. The number of carbonyl (C=O) groups excluding carboxylic acids is 1. The SMILES string of the molecule is CC(=O)N1c2ccc(S(=O)(=O)NNc3ccc(C(F)(F)F)cn3)cc2C[C@@H]1C. The highest BCUT2D eigenvalue weighted by molar-refractivity contribution is 7.89. The third-order valence-electron chi connectivity index (χ3n) is 4.32. The molecule has 2 heterocycles. The van der Waals surface area contributed by atoms with Crippen LogP contribution in [0.2, 0.25) is 0 Å². The van der Waals surface area contributed by atoms with Gasteiger partial charge in [0, 0.05) is 24.8 Å². The van der Waals surface area contributed by atoms with E-state index < -0.39 is 21.8 Å². The van der Waals surface area contributed by atoms with E-state index in [1.54, 1.807) is 11.0 Å². The zero-order valence-corrected chi connectivity index (χ0v) is 15.7. The van der Waals surface area contributed by atoms with Gasteiger partial charge in [0.15, 0.2) is 0 Å². The van der Waals surface area contributed by atoms with Crippen LogP contribution in [-0.2, 0) is 27.4 Å². The number of hydrazine groups is 1. The van der Waals surface area contributed by atoms with Crippen molar-refractivity contribution < 1.29 is 26.4 Å². The molecule has 150 valence electrons. The Morgan fingerprint density at radius 1 is 1.25 bits per heavy atom. The predicted octanol–water partition coefficient (Wildman–Crippen LogP) is 2.70. The number of benzene rings is 1. The first-order chi connectivity index (χ1) is 13.0. The molecule has 0 bridgehead atoms. The van der Waals surface area contributed by atoms with Crippen molar-refractivity contribution in [1.29, 1.82) is 0 Å². The first kappa shape index (κ1) is 20.1. The second-order valence-corrected chi connectivity index (χ2v) is 8.08. The Morgan fingerprint density at radius 2 is 1.96 bits per heavy atom. The van der Waals surface area contributed by atoms with Crippen molar-refractivity contribution in [3.63, 3.8) is 0 Å². The van der Waals surface area contributed by atoms with E-state index in [0.717, 1.165) is 17.7 Å². The third kappa shape index (κ3) is 3.94. The van der Waals surface area contributed by atoms with Crippen molar-refractivity contribution in [3.8, 4) is 0 Å². The molecule has 28 heavy (non-hydrogen) atoms. The van der Waals surface area contributed by atoms with Crippen molar-refractivity contribution in [2.45, 2.75) is 37.4 Å². The summed E-state index contributed by atoms with van der Waals surface area (Å²) in [6.45, 7) is 3.31. The first-order valence-corrected chi connectivity index (χ1v) is 9.71. The quantitative estimate of drug-likeness (QED) is 0.751. The van der Waals surface area contributed by atoms with E-state index in [4.69, 9.17) is 0 Å². The summed E-state index contributed by atoms with van der Waals surface area (Å²) in [4.78, 5) is 18.9. The molecular formula is C17H17F3N4O3S. The normalized spacial score (nSPS) is 16.8. The number of hydrogen-bond donors (Lipinski definition) is 2. The molecule has 0 radical (unpaired) electrons. The smallest absolute Gasteiger partial charge is 0.309 e. The lowest BCUT2D eigenvalue weighted by Gasteiger charge is -2.20.